The number of rotatable bonds is 8. The summed E-state index contributed by atoms with van der Waals surface area (Å²) < 4.78 is 26.5. The minimum atomic E-state index is -0.806. The molecular formula is C21H22BrNO7. The number of hydrogen-bond donors (Lipinski definition) is 1. The van der Waals surface area contributed by atoms with E-state index < -0.39 is 12.1 Å². The first-order valence-corrected chi connectivity index (χ1v) is 9.50. The number of esters is 1. The first-order valence-electron chi connectivity index (χ1n) is 8.71. The van der Waals surface area contributed by atoms with E-state index in [1.54, 1.807) is 6.07 Å². The molecule has 2 aromatic rings. The molecule has 0 radical (unpaired) electrons. The largest absolute Gasteiger partial charge is 0.493 e. The fourth-order valence-electron chi connectivity index (χ4n) is 2.53. The van der Waals surface area contributed by atoms with Gasteiger partial charge in [-0.15, -0.1) is 0 Å². The minimum Gasteiger partial charge on any atom is -0.493 e. The Hall–Kier alpha value is -3.20. The molecule has 160 valence electrons. The summed E-state index contributed by atoms with van der Waals surface area (Å²) in [6.07, 6.45) is 0.600. The van der Waals surface area contributed by atoms with Crippen LogP contribution in [0.25, 0.3) is 6.08 Å². The van der Waals surface area contributed by atoms with Gasteiger partial charge >= 0.3 is 12.1 Å². The average molecular weight is 480 g/mol. The Kier molecular flexibility index (Phi) is 8.54. The third-order valence-corrected chi connectivity index (χ3v) is 4.77. The van der Waals surface area contributed by atoms with Crippen molar-refractivity contribution in [2.75, 3.05) is 28.4 Å². The first-order chi connectivity index (χ1) is 14.4. The zero-order chi connectivity index (χ0) is 22.1. The number of hydrogen-bond acceptors (Lipinski definition) is 7. The molecule has 30 heavy (non-hydrogen) atoms. The van der Waals surface area contributed by atoms with Crippen LogP contribution in [0.5, 0.6) is 17.2 Å². The number of halogens is 1. The maximum Gasteiger partial charge on any atom is 0.412 e. The van der Waals surface area contributed by atoms with Crippen LogP contribution in [0.15, 0.2) is 46.6 Å². The fourth-order valence-corrected chi connectivity index (χ4v) is 3.10. The molecule has 0 saturated carbocycles. The van der Waals surface area contributed by atoms with Gasteiger partial charge in [0.25, 0.3) is 0 Å². The van der Waals surface area contributed by atoms with Gasteiger partial charge in [-0.2, -0.15) is 0 Å². The molecule has 0 aromatic heterocycles. The number of alkyl carbamates (subject to hydrolysis) is 1. The van der Waals surface area contributed by atoms with Gasteiger partial charge < -0.3 is 23.7 Å². The van der Waals surface area contributed by atoms with Crippen molar-refractivity contribution in [1.82, 2.24) is 5.32 Å². The first kappa shape index (κ1) is 23.1. The quantitative estimate of drug-likeness (QED) is 0.453. The summed E-state index contributed by atoms with van der Waals surface area (Å²) in [5.41, 5.74) is 1.16. The van der Waals surface area contributed by atoms with Crippen molar-refractivity contribution in [3.63, 3.8) is 0 Å². The highest BCUT2D eigenvalue weighted by molar-refractivity contribution is 9.10. The van der Waals surface area contributed by atoms with Gasteiger partial charge in [-0.25, -0.2) is 9.59 Å². The molecule has 2 aromatic carbocycles. The van der Waals surface area contributed by atoms with Crippen molar-refractivity contribution in [2.45, 2.75) is 6.61 Å². The second-order valence-electron chi connectivity index (χ2n) is 5.78. The number of carbonyl (C=O) groups excluding carboxylic acids is 2. The van der Waals surface area contributed by atoms with Gasteiger partial charge in [0.2, 0.25) is 5.75 Å². The molecule has 9 heteroatoms. The number of ether oxygens (including phenoxy) is 5. The molecule has 0 bridgehead atoms. The summed E-state index contributed by atoms with van der Waals surface area (Å²) >= 11 is 3.42. The molecular weight excluding hydrogens is 458 g/mol. The molecule has 0 fully saturated rings. The molecule has 0 unspecified atom stereocenters. The summed E-state index contributed by atoms with van der Waals surface area (Å²) in [5, 5.41) is 2.41. The lowest BCUT2D eigenvalue weighted by Gasteiger charge is -2.16. The Bertz CT molecular complexity index is 929. The van der Waals surface area contributed by atoms with Crippen molar-refractivity contribution in [3.05, 3.63) is 57.7 Å². The summed E-state index contributed by atoms with van der Waals surface area (Å²) in [4.78, 5) is 24.4. The second kappa shape index (κ2) is 11.1. The Morgan fingerprint density at radius 2 is 1.67 bits per heavy atom. The summed E-state index contributed by atoms with van der Waals surface area (Å²) in [5.74, 6) is 0.352. The van der Waals surface area contributed by atoms with Gasteiger partial charge in [-0.1, -0.05) is 30.3 Å². The Balaban J connectivity index is 2.32. The Morgan fingerprint density at radius 3 is 2.23 bits per heavy atom. The second-order valence-corrected chi connectivity index (χ2v) is 6.58. The van der Waals surface area contributed by atoms with E-state index in [0.717, 1.165) is 5.56 Å². The van der Waals surface area contributed by atoms with Gasteiger partial charge in [-0.3, -0.25) is 5.32 Å². The lowest BCUT2D eigenvalue weighted by molar-refractivity contribution is -0.136. The molecule has 0 aliphatic heterocycles. The normalized spacial score (nSPS) is 10.8. The van der Waals surface area contributed by atoms with Crippen LogP contribution < -0.4 is 19.5 Å². The van der Waals surface area contributed by atoms with E-state index in [1.165, 1.54) is 34.5 Å². The van der Waals surface area contributed by atoms with Crippen LogP contribution in [0.3, 0.4) is 0 Å². The summed E-state index contributed by atoms with van der Waals surface area (Å²) in [6, 6.07) is 10.8. The van der Waals surface area contributed by atoms with Gasteiger partial charge in [-0.05, 0) is 39.2 Å². The van der Waals surface area contributed by atoms with E-state index in [9.17, 15) is 9.59 Å². The van der Waals surface area contributed by atoms with Crippen LogP contribution in [-0.2, 0) is 20.9 Å². The number of benzene rings is 2. The molecule has 1 N–H and O–H groups in total. The zero-order valence-electron chi connectivity index (χ0n) is 17.0. The zero-order valence-corrected chi connectivity index (χ0v) is 18.6. The van der Waals surface area contributed by atoms with Crippen molar-refractivity contribution in [2.24, 2.45) is 0 Å². The monoisotopic (exact) mass is 479 g/mol. The molecule has 0 saturated heterocycles. The third kappa shape index (κ3) is 5.66. The van der Waals surface area contributed by atoms with E-state index in [1.807, 2.05) is 30.3 Å². The van der Waals surface area contributed by atoms with Gasteiger partial charge in [0.1, 0.15) is 12.3 Å². The van der Waals surface area contributed by atoms with Crippen molar-refractivity contribution in [1.29, 1.82) is 0 Å². The lowest BCUT2D eigenvalue weighted by Crippen LogP contribution is -2.28. The van der Waals surface area contributed by atoms with E-state index in [0.29, 0.717) is 27.3 Å². The topological polar surface area (TPSA) is 92.3 Å². The molecule has 0 aliphatic carbocycles. The van der Waals surface area contributed by atoms with Crippen molar-refractivity contribution < 1.29 is 33.3 Å². The van der Waals surface area contributed by atoms with Gasteiger partial charge in [0.05, 0.1) is 32.9 Å². The highest BCUT2D eigenvalue weighted by Gasteiger charge is 2.21. The van der Waals surface area contributed by atoms with Gasteiger partial charge in [0, 0.05) is 0 Å². The minimum absolute atomic E-state index is 0.0506. The predicted molar refractivity (Wildman–Crippen MR) is 114 cm³/mol. The Labute approximate surface area is 182 Å². The summed E-state index contributed by atoms with van der Waals surface area (Å²) in [7, 11) is 5.62. The lowest BCUT2D eigenvalue weighted by atomic mass is 10.1. The van der Waals surface area contributed by atoms with Crippen LogP contribution in [0, 0.1) is 0 Å². The number of carbonyl (C=O) groups is 2. The molecule has 2 rings (SSSR count). The Morgan fingerprint density at radius 1 is 1.00 bits per heavy atom. The standard InChI is InChI=1S/C21H22BrNO7/c1-26-16-11-14(17(22)19(28-3)18(16)27-2)10-15(20(24)29-4)23-21(25)30-12-13-8-6-5-7-9-13/h5-11H,12H2,1-4H3,(H,23,25)/b15-10-. The van der Waals surface area contributed by atoms with Crippen LogP contribution in [0.4, 0.5) is 4.79 Å². The molecule has 0 spiro atoms. The van der Waals surface area contributed by atoms with Crippen LogP contribution in [0.1, 0.15) is 11.1 Å². The van der Waals surface area contributed by atoms with E-state index >= 15 is 0 Å². The number of methoxy groups -OCH3 is 4. The van der Waals surface area contributed by atoms with Crippen molar-refractivity contribution in [3.8, 4) is 17.2 Å². The average Bonchev–Trinajstić information content (AvgIpc) is 2.77. The summed E-state index contributed by atoms with van der Waals surface area (Å²) in [6.45, 7) is 0.0506. The highest BCUT2D eigenvalue weighted by atomic mass is 79.9. The fraction of sp³-hybridized carbons (Fsp3) is 0.238. The van der Waals surface area contributed by atoms with Gasteiger partial charge in [0.15, 0.2) is 11.5 Å². The molecule has 8 nitrogen and oxygen atoms in total. The van der Waals surface area contributed by atoms with E-state index in [-0.39, 0.29) is 12.3 Å². The maximum atomic E-state index is 12.2. The molecule has 0 heterocycles. The molecule has 0 aliphatic rings. The highest BCUT2D eigenvalue weighted by Crippen LogP contribution is 2.45. The van der Waals surface area contributed by atoms with Crippen LogP contribution in [0.2, 0.25) is 0 Å². The number of nitrogens with one attached hydrogen (secondary N) is 1. The predicted octanol–water partition coefficient (Wildman–Crippen LogP) is 3.92. The molecule has 1 amide bonds. The smallest absolute Gasteiger partial charge is 0.412 e. The molecule has 0 atom stereocenters. The maximum absolute atomic E-state index is 12.2. The SMILES string of the molecule is COC(=O)/C(=C/c1cc(OC)c(OC)c(OC)c1Br)NC(=O)OCc1ccccc1. The van der Waals surface area contributed by atoms with Crippen LogP contribution >= 0.6 is 15.9 Å². The van der Waals surface area contributed by atoms with Crippen molar-refractivity contribution >= 4 is 34.1 Å². The van der Waals surface area contributed by atoms with E-state index in [4.69, 9.17) is 23.7 Å². The van der Waals surface area contributed by atoms with E-state index in [2.05, 4.69) is 21.2 Å². The third-order valence-electron chi connectivity index (χ3n) is 3.95. The van der Waals surface area contributed by atoms with Crippen LogP contribution in [-0.4, -0.2) is 40.5 Å². The number of amides is 1.